The molecule has 17 heavy (non-hydrogen) atoms. The monoisotopic (exact) mass is 255 g/mol. The van der Waals surface area contributed by atoms with Crippen molar-refractivity contribution in [3.8, 4) is 0 Å². The summed E-state index contributed by atoms with van der Waals surface area (Å²) in [6, 6.07) is 3.29. The summed E-state index contributed by atoms with van der Waals surface area (Å²) in [7, 11) is 0. The summed E-state index contributed by atoms with van der Waals surface area (Å²) in [5.74, 6) is 0. The lowest BCUT2D eigenvalue weighted by Gasteiger charge is -2.39. The maximum absolute atomic E-state index is 4.22. The second-order valence-electron chi connectivity index (χ2n) is 4.83. The fourth-order valence-corrected chi connectivity index (χ4v) is 2.34. The number of aryl methyl sites for hydroxylation is 1. The highest BCUT2D eigenvalue weighted by atomic mass is 35.5. The van der Waals surface area contributed by atoms with Crippen LogP contribution in [0.2, 0.25) is 0 Å². The molecule has 0 aromatic carbocycles. The predicted molar refractivity (Wildman–Crippen MR) is 73.6 cm³/mol. The molecular weight excluding hydrogens is 234 g/mol. The Morgan fingerprint density at radius 1 is 1.35 bits per heavy atom. The third kappa shape index (κ3) is 3.41. The number of aromatic nitrogens is 1. The van der Waals surface area contributed by atoms with Gasteiger partial charge in [0.2, 0.25) is 0 Å². The second-order valence-corrected chi connectivity index (χ2v) is 4.83. The molecule has 2 atom stereocenters. The van der Waals surface area contributed by atoms with Crippen molar-refractivity contribution in [1.29, 1.82) is 0 Å². The molecule has 1 aliphatic rings. The first-order chi connectivity index (χ1) is 7.68. The van der Waals surface area contributed by atoms with Gasteiger partial charge in [-0.05, 0) is 38.0 Å². The molecule has 0 spiro atoms. The molecule has 1 aromatic rings. The van der Waals surface area contributed by atoms with Crippen LogP contribution in [0.4, 0.5) is 0 Å². The lowest BCUT2D eigenvalue weighted by Crippen LogP contribution is -2.54. The average Bonchev–Trinajstić information content (AvgIpc) is 2.26. The Morgan fingerprint density at radius 3 is 2.59 bits per heavy atom. The van der Waals surface area contributed by atoms with Crippen LogP contribution in [-0.4, -0.2) is 35.1 Å². The van der Waals surface area contributed by atoms with Gasteiger partial charge in [-0.1, -0.05) is 0 Å². The highest BCUT2D eigenvalue weighted by Crippen LogP contribution is 2.16. The van der Waals surface area contributed by atoms with Gasteiger partial charge < -0.3 is 5.32 Å². The molecule has 1 N–H and O–H groups in total. The predicted octanol–water partition coefficient (Wildman–Crippen LogP) is 1.99. The second kappa shape index (κ2) is 6.34. The van der Waals surface area contributed by atoms with Crippen molar-refractivity contribution < 1.29 is 0 Å². The molecule has 96 valence electrons. The van der Waals surface area contributed by atoms with Gasteiger partial charge in [0, 0.05) is 44.1 Å². The van der Waals surface area contributed by atoms with E-state index < -0.39 is 0 Å². The Hall–Kier alpha value is -0.640. The zero-order valence-electron chi connectivity index (χ0n) is 10.8. The first-order valence-electron chi connectivity index (χ1n) is 6.04. The Labute approximate surface area is 110 Å². The topological polar surface area (TPSA) is 28.2 Å². The quantitative estimate of drug-likeness (QED) is 0.876. The molecule has 0 saturated carbocycles. The summed E-state index contributed by atoms with van der Waals surface area (Å²) in [5, 5.41) is 3.46. The average molecular weight is 256 g/mol. The first kappa shape index (κ1) is 14.4. The standard InChI is InChI=1S/C13H21N3.ClH/c1-10-4-5-14-8-13(10)9-16-11(2)6-15-7-12(16)3;/h4-5,8,11-12,15H,6-7,9H2,1-3H3;1H/t11-,12+;. The lowest BCUT2D eigenvalue weighted by atomic mass is 10.1. The van der Waals surface area contributed by atoms with Gasteiger partial charge in [-0.15, -0.1) is 12.4 Å². The molecule has 0 aliphatic carbocycles. The number of hydrogen-bond acceptors (Lipinski definition) is 3. The van der Waals surface area contributed by atoms with Crippen LogP contribution in [0.5, 0.6) is 0 Å². The normalized spacial score (nSPS) is 25.4. The molecule has 1 aliphatic heterocycles. The summed E-state index contributed by atoms with van der Waals surface area (Å²) in [6.07, 6.45) is 3.86. The molecule has 1 fully saturated rings. The molecule has 0 bridgehead atoms. The van der Waals surface area contributed by atoms with E-state index in [0.29, 0.717) is 12.1 Å². The molecule has 0 radical (unpaired) electrons. The number of piperazine rings is 1. The molecule has 1 aromatic heterocycles. The molecule has 4 heteroatoms. The van der Waals surface area contributed by atoms with Crippen molar-refractivity contribution >= 4 is 12.4 Å². The van der Waals surface area contributed by atoms with Gasteiger partial charge in [-0.25, -0.2) is 0 Å². The summed E-state index contributed by atoms with van der Waals surface area (Å²) in [6.45, 7) is 9.92. The Balaban J connectivity index is 0.00000144. The first-order valence-corrected chi connectivity index (χ1v) is 6.04. The third-order valence-electron chi connectivity index (χ3n) is 3.51. The van der Waals surface area contributed by atoms with Crippen molar-refractivity contribution in [1.82, 2.24) is 15.2 Å². The van der Waals surface area contributed by atoms with E-state index in [1.807, 2.05) is 12.4 Å². The van der Waals surface area contributed by atoms with Gasteiger partial charge in [0.15, 0.2) is 0 Å². The minimum absolute atomic E-state index is 0. The number of nitrogens with one attached hydrogen (secondary N) is 1. The molecular formula is C13H22ClN3. The van der Waals surface area contributed by atoms with E-state index in [1.165, 1.54) is 11.1 Å². The minimum Gasteiger partial charge on any atom is -0.314 e. The van der Waals surface area contributed by atoms with Gasteiger partial charge in [0.1, 0.15) is 0 Å². The fraction of sp³-hybridized carbons (Fsp3) is 0.615. The maximum Gasteiger partial charge on any atom is 0.0315 e. The highest BCUT2D eigenvalue weighted by Gasteiger charge is 2.24. The molecule has 1 saturated heterocycles. The number of nitrogens with zero attached hydrogens (tertiary/aromatic N) is 2. The summed E-state index contributed by atoms with van der Waals surface area (Å²) < 4.78 is 0. The van der Waals surface area contributed by atoms with Crippen molar-refractivity contribution in [3.05, 3.63) is 29.6 Å². The van der Waals surface area contributed by atoms with Crippen molar-refractivity contribution in [2.75, 3.05) is 13.1 Å². The largest absolute Gasteiger partial charge is 0.314 e. The summed E-state index contributed by atoms with van der Waals surface area (Å²) >= 11 is 0. The van der Waals surface area contributed by atoms with E-state index in [2.05, 4.69) is 42.0 Å². The zero-order valence-corrected chi connectivity index (χ0v) is 11.6. The number of hydrogen-bond donors (Lipinski definition) is 1. The van der Waals surface area contributed by atoms with Crippen LogP contribution >= 0.6 is 12.4 Å². The van der Waals surface area contributed by atoms with Crippen molar-refractivity contribution in [2.45, 2.75) is 39.4 Å². The molecule has 0 unspecified atom stereocenters. The van der Waals surface area contributed by atoms with E-state index in [0.717, 1.165) is 19.6 Å². The van der Waals surface area contributed by atoms with Gasteiger partial charge in [0.25, 0.3) is 0 Å². The molecule has 2 rings (SSSR count). The van der Waals surface area contributed by atoms with Crippen molar-refractivity contribution in [3.63, 3.8) is 0 Å². The van der Waals surface area contributed by atoms with E-state index >= 15 is 0 Å². The van der Waals surface area contributed by atoms with E-state index in [1.54, 1.807) is 0 Å². The van der Waals surface area contributed by atoms with Crippen LogP contribution < -0.4 is 5.32 Å². The maximum atomic E-state index is 4.22. The van der Waals surface area contributed by atoms with Crippen LogP contribution in [0.3, 0.4) is 0 Å². The zero-order chi connectivity index (χ0) is 11.5. The van der Waals surface area contributed by atoms with Crippen LogP contribution in [0.15, 0.2) is 18.5 Å². The van der Waals surface area contributed by atoms with Gasteiger partial charge in [-0.2, -0.15) is 0 Å². The minimum atomic E-state index is 0. The van der Waals surface area contributed by atoms with Crippen LogP contribution in [-0.2, 0) is 6.54 Å². The third-order valence-corrected chi connectivity index (χ3v) is 3.51. The Morgan fingerprint density at radius 2 is 2.00 bits per heavy atom. The fourth-order valence-electron chi connectivity index (χ4n) is 2.34. The van der Waals surface area contributed by atoms with Crippen molar-refractivity contribution in [2.24, 2.45) is 0 Å². The Kier molecular flexibility index (Phi) is 5.37. The van der Waals surface area contributed by atoms with Gasteiger partial charge in [0.05, 0.1) is 0 Å². The Bertz CT molecular complexity index is 346. The van der Waals surface area contributed by atoms with E-state index in [-0.39, 0.29) is 12.4 Å². The number of rotatable bonds is 2. The van der Waals surface area contributed by atoms with Crippen LogP contribution in [0, 0.1) is 6.92 Å². The highest BCUT2D eigenvalue weighted by molar-refractivity contribution is 5.85. The molecule has 2 heterocycles. The molecule has 3 nitrogen and oxygen atoms in total. The number of halogens is 1. The smallest absolute Gasteiger partial charge is 0.0315 e. The number of pyridine rings is 1. The van der Waals surface area contributed by atoms with E-state index in [9.17, 15) is 0 Å². The lowest BCUT2D eigenvalue weighted by molar-refractivity contribution is 0.108. The summed E-state index contributed by atoms with van der Waals surface area (Å²) in [5.41, 5.74) is 2.69. The van der Waals surface area contributed by atoms with Gasteiger partial charge in [-0.3, -0.25) is 9.88 Å². The van der Waals surface area contributed by atoms with E-state index in [4.69, 9.17) is 0 Å². The molecule has 0 amide bonds. The summed E-state index contributed by atoms with van der Waals surface area (Å²) in [4.78, 5) is 6.77. The van der Waals surface area contributed by atoms with Gasteiger partial charge >= 0.3 is 0 Å². The van der Waals surface area contributed by atoms with Crippen LogP contribution in [0.1, 0.15) is 25.0 Å². The SMILES string of the molecule is Cc1ccncc1CN1[C@H](C)CNC[C@@H]1C.Cl. The van der Waals surface area contributed by atoms with Crippen LogP contribution in [0.25, 0.3) is 0 Å².